The number of carbonyl (C=O) groups excluding carboxylic acids is 2. The van der Waals surface area contributed by atoms with Gasteiger partial charge in [0.1, 0.15) is 28.1 Å². The molecular weight excluding hydrogens is 1000 g/mol. The maximum absolute atomic E-state index is 12.9. The van der Waals surface area contributed by atoms with E-state index in [9.17, 15) is 9.59 Å². The van der Waals surface area contributed by atoms with E-state index >= 15 is 0 Å². The predicted octanol–water partition coefficient (Wildman–Crippen LogP) is 13.1. The Morgan fingerprint density at radius 2 is 1.01 bits per heavy atom. The maximum atomic E-state index is 12.9. The molecule has 9 rings (SSSR count). The maximum Gasteiger partial charge on any atom is 0.497 e. The Labute approximate surface area is 422 Å². The molecule has 2 N–H and O–H groups in total. The monoisotopic (exact) mass is 1070 g/mol. The highest BCUT2D eigenvalue weighted by molar-refractivity contribution is 9.11. The molecular formula is C52H65BBr2N8O6. The Balaban J connectivity index is 0.000000161. The van der Waals surface area contributed by atoms with Crippen molar-refractivity contribution >= 4 is 101 Å². The first kappa shape index (κ1) is 53.0. The van der Waals surface area contributed by atoms with E-state index in [2.05, 4.69) is 80.0 Å². The van der Waals surface area contributed by atoms with Gasteiger partial charge in [-0.3, -0.25) is 0 Å². The Morgan fingerprint density at radius 3 is 1.54 bits per heavy atom. The minimum Gasteiger partial charge on any atom is -0.443 e. The molecule has 17 heteroatoms. The molecule has 1 saturated heterocycles. The molecule has 1 aliphatic rings. The number of nitrogens with one attached hydrogen (secondary N) is 2. The van der Waals surface area contributed by atoms with Crippen LogP contribution in [0.15, 0.2) is 63.5 Å². The third kappa shape index (κ3) is 11.8. The quantitative estimate of drug-likeness (QED) is 0.151. The minimum absolute atomic E-state index is 0.404. The number of H-pyrrole nitrogens is 2. The summed E-state index contributed by atoms with van der Waals surface area (Å²) in [5.74, 6) is 0. The summed E-state index contributed by atoms with van der Waals surface area (Å²) < 4.78 is 28.6. The van der Waals surface area contributed by atoms with Gasteiger partial charge in [-0.25, -0.2) is 38.7 Å². The Kier molecular flexibility index (Phi) is 15.2. The van der Waals surface area contributed by atoms with Gasteiger partial charge in [0.2, 0.25) is 0 Å². The van der Waals surface area contributed by atoms with Crippen LogP contribution in [0, 0.1) is 55.4 Å². The van der Waals surface area contributed by atoms with Crippen LogP contribution < -0.4 is 5.46 Å². The molecule has 0 bridgehead atoms. The normalized spacial score (nSPS) is 14.3. The van der Waals surface area contributed by atoms with Crippen molar-refractivity contribution in [3.8, 4) is 0 Å². The van der Waals surface area contributed by atoms with Crippen molar-refractivity contribution in [2.45, 2.75) is 147 Å². The largest absolute Gasteiger partial charge is 0.497 e. The molecule has 0 radical (unpaired) electrons. The van der Waals surface area contributed by atoms with Gasteiger partial charge in [-0.15, -0.1) is 0 Å². The molecule has 69 heavy (non-hydrogen) atoms. The van der Waals surface area contributed by atoms with Crippen molar-refractivity contribution in [1.82, 2.24) is 39.0 Å². The average molecular weight is 1070 g/mol. The van der Waals surface area contributed by atoms with Gasteiger partial charge in [0.25, 0.3) is 0 Å². The molecule has 0 saturated carbocycles. The van der Waals surface area contributed by atoms with Crippen LogP contribution >= 0.6 is 31.9 Å². The van der Waals surface area contributed by atoms with Crippen LogP contribution in [0.5, 0.6) is 0 Å². The first-order chi connectivity index (χ1) is 31.9. The lowest BCUT2D eigenvalue weighted by atomic mass is 9.77. The lowest BCUT2D eigenvalue weighted by Gasteiger charge is -2.32. The zero-order valence-electron chi connectivity index (χ0n) is 43.2. The van der Waals surface area contributed by atoms with E-state index in [1.807, 2.05) is 161 Å². The molecule has 1 aliphatic heterocycles. The van der Waals surface area contributed by atoms with Crippen molar-refractivity contribution in [2.24, 2.45) is 0 Å². The number of aromatic nitrogens is 8. The standard InChI is InChI=1S/C20H29BN2O4.C14H17BrN2O2.C9H9BrN2.C9H10N2/c1-12-10-11-14-15(21-26-19(6,7)20(8,9)27-21)13(2)23(16(14)22-12)17(24)25-18(3,4)5;1-8-6-7-10-11(15)9(2)17(12(10)16-8)13(18)19-14(3,4)5;1-5-3-4-7-8(10)6(2)12-9(7)11-5;1-6-3-4-8-5-7(2)11-9(8)10-6/h10-11H,1-9H3;6-7H,1-5H3;3-4H,1-2H3,(H,11,12);3-5H,1-2H3,(H,10,11). The number of nitrogens with zero attached hydrogens (tertiary/aromatic N) is 6. The van der Waals surface area contributed by atoms with Gasteiger partial charge in [0.05, 0.1) is 11.2 Å². The molecule has 0 atom stereocenters. The highest BCUT2D eigenvalue weighted by Gasteiger charge is 2.53. The third-order valence-corrected chi connectivity index (χ3v) is 13.7. The number of aryl methyl sites for hydroxylation is 6. The summed E-state index contributed by atoms with van der Waals surface area (Å²) in [6, 6.07) is 18.1. The van der Waals surface area contributed by atoms with Crippen LogP contribution in [-0.2, 0) is 18.8 Å². The summed E-state index contributed by atoms with van der Waals surface area (Å²) in [7, 11) is -0.578. The molecule has 366 valence electrons. The second kappa shape index (κ2) is 19.8. The molecule has 8 aromatic rings. The van der Waals surface area contributed by atoms with Gasteiger partial charge in [-0.2, -0.15) is 0 Å². The van der Waals surface area contributed by atoms with E-state index in [4.69, 9.17) is 18.8 Å². The second-order valence-corrected chi connectivity index (χ2v) is 22.1. The van der Waals surface area contributed by atoms with E-state index < -0.39 is 41.7 Å². The van der Waals surface area contributed by atoms with Gasteiger partial charge < -0.3 is 28.8 Å². The highest BCUT2D eigenvalue weighted by Crippen LogP contribution is 2.38. The van der Waals surface area contributed by atoms with E-state index in [0.29, 0.717) is 11.3 Å². The zero-order chi connectivity index (χ0) is 51.3. The Hall–Kier alpha value is -5.36. The van der Waals surface area contributed by atoms with Gasteiger partial charge in [-0.05, 0) is 211 Å². The van der Waals surface area contributed by atoms with Gasteiger partial charge in [0.15, 0.2) is 5.65 Å². The van der Waals surface area contributed by atoms with Crippen molar-refractivity contribution in [1.29, 1.82) is 0 Å². The molecule has 0 amide bonds. The fraction of sp³-hybridized carbons (Fsp3) is 0.423. The van der Waals surface area contributed by atoms with E-state index in [1.54, 1.807) is 0 Å². The van der Waals surface area contributed by atoms with Crippen molar-refractivity contribution in [3.05, 3.63) is 109 Å². The molecule has 9 heterocycles. The number of ether oxygens (including phenoxy) is 2. The topological polar surface area (TPSA) is 164 Å². The SMILES string of the molecule is Cc1ccc2c(B3OC(C)(C)C(C)(C)O3)c(C)n(C(=O)OC(C)(C)C)c2n1.Cc1ccc2c(Br)c(C)[nH]c2n1.Cc1ccc2c(Br)c(C)n(C(=O)OC(C)(C)C)c2n1.Cc1ccc2cc(C)[nH]c2n1. The number of halogens is 2. The number of aromatic amines is 2. The van der Waals surface area contributed by atoms with Crippen LogP contribution in [0.25, 0.3) is 44.1 Å². The summed E-state index contributed by atoms with van der Waals surface area (Å²) in [5, 5.41) is 4.09. The number of rotatable bonds is 1. The lowest BCUT2D eigenvalue weighted by molar-refractivity contribution is 0.00578. The van der Waals surface area contributed by atoms with Gasteiger partial charge in [0, 0.05) is 81.5 Å². The van der Waals surface area contributed by atoms with E-state index in [1.165, 1.54) is 14.5 Å². The lowest BCUT2D eigenvalue weighted by Crippen LogP contribution is -2.41. The summed E-state index contributed by atoms with van der Waals surface area (Å²) in [4.78, 5) is 49.4. The molecule has 0 spiro atoms. The van der Waals surface area contributed by atoms with Crippen molar-refractivity contribution < 1.29 is 28.4 Å². The highest BCUT2D eigenvalue weighted by atomic mass is 79.9. The van der Waals surface area contributed by atoms with E-state index in [0.717, 1.165) is 87.4 Å². The number of hydrogen-bond donors (Lipinski definition) is 2. The van der Waals surface area contributed by atoms with Crippen molar-refractivity contribution in [3.63, 3.8) is 0 Å². The first-order valence-electron chi connectivity index (χ1n) is 22.9. The fourth-order valence-electron chi connectivity index (χ4n) is 7.56. The number of pyridine rings is 4. The fourth-order valence-corrected chi connectivity index (χ4v) is 8.46. The average Bonchev–Trinajstić information content (AvgIpc) is 3.94. The number of carbonyl (C=O) groups is 2. The number of hydrogen-bond acceptors (Lipinski definition) is 10. The van der Waals surface area contributed by atoms with Crippen LogP contribution in [-0.4, -0.2) is 80.7 Å². The molecule has 0 aromatic carbocycles. The second-order valence-electron chi connectivity index (χ2n) is 20.5. The summed E-state index contributed by atoms with van der Waals surface area (Å²) >= 11 is 7.01. The van der Waals surface area contributed by atoms with Crippen LogP contribution in [0.3, 0.4) is 0 Å². The van der Waals surface area contributed by atoms with Crippen LogP contribution in [0.1, 0.15) is 115 Å². The minimum atomic E-state index is -0.603. The van der Waals surface area contributed by atoms with E-state index in [-0.39, 0.29) is 0 Å². The molecule has 0 aliphatic carbocycles. The molecule has 1 fully saturated rings. The predicted molar refractivity (Wildman–Crippen MR) is 284 cm³/mol. The molecule has 8 aromatic heterocycles. The summed E-state index contributed by atoms with van der Waals surface area (Å²) in [6.45, 7) is 34.7. The van der Waals surface area contributed by atoms with Crippen LogP contribution in [0.4, 0.5) is 9.59 Å². The van der Waals surface area contributed by atoms with Gasteiger partial charge >= 0.3 is 19.3 Å². The zero-order valence-corrected chi connectivity index (χ0v) is 46.3. The Bertz CT molecular complexity index is 3210. The summed E-state index contributed by atoms with van der Waals surface area (Å²) in [5.41, 5.74) is 9.47. The van der Waals surface area contributed by atoms with Crippen molar-refractivity contribution in [2.75, 3.05) is 0 Å². The van der Waals surface area contributed by atoms with Crippen LogP contribution in [0.2, 0.25) is 0 Å². The Morgan fingerprint density at radius 1 is 0.580 bits per heavy atom. The third-order valence-electron chi connectivity index (χ3n) is 11.7. The summed E-state index contributed by atoms with van der Waals surface area (Å²) in [6.07, 6.45) is -0.857. The number of fused-ring (bicyclic) bond motifs is 4. The first-order valence-corrected chi connectivity index (χ1v) is 24.5. The molecule has 14 nitrogen and oxygen atoms in total. The van der Waals surface area contributed by atoms with Gasteiger partial charge in [-0.1, -0.05) is 0 Å². The molecule has 0 unspecified atom stereocenters. The smallest absolute Gasteiger partial charge is 0.443 e.